The van der Waals surface area contributed by atoms with E-state index in [4.69, 9.17) is 23.2 Å². The lowest BCUT2D eigenvalue weighted by Gasteiger charge is -2.10. The summed E-state index contributed by atoms with van der Waals surface area (Å²) >= 11 is 11.6. The first-order valence-corrected chi connectivity index (χ1v) is 6.83. The Kier molecular flexibility index (Phi) is 4.96. The summed E-state index contributed by atoms with van der Waals surface area (Å²) in [6.45, 7) is 0.500. The number of nitrogens with one attached hydrogen (secondary N) is 1. The molecule has 0 saturated heterocycles. The van der Waals surface area contributed by atoms with Gasteiger partial charge in [-0.3, -0.25) is 0 Å². The molecule has 21 heavy (non-hydrogen) atoms. The lowest BCUT2D eigenvalue weighted by atomic mass is 10.1. The highest BCUT2D eigenvalue weighted by Crippen LogP contribution is 2.32. The van der Waals surface area contributed by atoms with Crippen molar-refractivity contribution in [3.05, 3.63) is 57.7 Å². The largest absolute Gasteiger partial charge is 0.417 e. The van der Waals surface area contributed by atoms with Gasteiger partial charge in [-0.05, 0) is 30.2 Å². The predicted molar refractivity (Wildman–Crippen MR) is 77.9 cm³/mol. The summed E-state index contributed by atoms with van der Waals surface area (Å²) in [7, 11) is 0. The average molecular weight is 335 g/mol. The Labute approximate surface area is 129 Å². The van der Waals surface area contributed by atoms with Crippen molar-refractivity contribution in [2.75, 3.05) is 11.9 Å². The van der Waals surface area contributed by atoms with E-state index in [2.05, 4.69) is 10.3 Å². The minimum atomic E-state index is -4.45. The van der Waals surface area contributed by atoms with Gasteiger partial charge in [-0.25, -0.2) is 4.98 Å². The van der Waals surface area contributed by atoms with Crippen LogP contribution in [0.15, 0.2) is 36.5 Å². The number of aromatic nitrogens is 1. The van der Waals surface area contributed by atoms with Crippen LogP contribution in [-0.4, -0.2) is 11.5 Å². The highest BCUT2D eigenvalue weighted by molar-refractivity contribution is 6.33. The van der Waals surface area contributed by atoms with Crippen LogP contribution in [0.3, 0.4) is 0 Å². The third kappa shape index (κ3) is 4.51. The summed E-state index contributed by atoms with van der Waals surface area (Å²) in [5, 5.41) is 3.51. The van der Waals surface area contributed by atoms with E-state index in [1.54, 1.807) is 12.1 Å². The van der Waals surface area contributed by atoms with Crippen molar-refractivity contribution < 1.29 is 13.2 Å². The standard InChI is InChI=1S/C14H11Cl2F3N2/c15-11-3-1-9(2-4-11)5-6-20-13-12(16)7-10(8-21-13)14(17,18)19/h1-4,7-8H,5-6H2,(H,20,21). The fraction of sp³-hybridized carbons (Fsp3) is 0.214. The van der Waals surface area contributed by atoms with Gasteiger partial charge in [-0.15, -0.1) is 0 Å². The first-order valence-electron chi connectivity index (χ1n) is 6.07. The van der Waals surface area contributed by atoms with Crippen molar-refractivity contribution in [2.24, 2.45) is 0 Å². The number of halogens is 5. The number of rotatable bonds is 4. The molecule has 0 spiro atoms. The average Bonchev–Trinajstić information content (AvgIpc) is 2.41. The molecule has 1 N–H and O–H groups in total. The molecule has 2 rings (SSSR count). The topological polar surface area (TPSA) is 24.9 Å². The Morgan fingerprint density at radius 3 is 2.33 bits per heavy atom. The van der Waals surface area contributed by atoms with Crippen molar-refractivity contribution in [1.82, 2.24) is 4.98 Å². The molecule has 0 bridgehead atoms. The zero-order valence-corrected chi connectivity index (χ0v) is 12.2. The van der Waals surface area contributed by atoms with Crippen LogP contribution in [0.25, 0.3) is 0 Å². The Morgan fingerprint density at radius 2 is 1.76 bits per heavy atom. The summed E-state index contributed by atoms with van der Waals surface area (Å²) in [6.07, 6.45) is -3.01. The van der Waals surface area contributed by atoms with Gasteiger partial charge >= 0.3 is 6.18 Å². The van der Waals surface area contributed by atoms with E-state index in [9.17, 15) is 13.2 Å². The molecular formula is C14H11Cl2F3N2. The number of pyridine rings is 1. The molecule has 112 valence electrons. The molecule has 0 radical (unpaired) electrons. The van der Waals surface area contributed by atoms with Crippen LogP contribution in [0.4, 0.5) is 19.0 Å². The third-order valence-corrected chi connectivity index (χ3v) is 3.33. The molecule has 0 unspecified atom stereocenters. The Balaban J connectivity index is 1.96. The quantitative estimate of drug-likeness (QED) is 0.845. The van der Waals surface area contributed by atoms with Gasteiger partial charge in [0.15, 0.2) is 0 Å². The Hall–Kier alpha value is -1.46. The van der Waals surface area contributed by atoms with E-state index in [0.29, 0.717) is 18.0 Å². The number of hydrogen-bond donors (Lipinski definition) is 1. The second-order valence-electron chi connectivity index (χ2n) is 4.36. The molecule has 2 nitrogen and oxygen atoms in total. The number of nitrogens with zero attached hydrogens (tertiary/aromatic N) is 1. The molecule has 2 aromatic rings. The second-order valence-corrected chi connectivity index (χ2v) is 5.20. The van der Waals surface area contributed by atoms with Gasteiger partial charge in [0.2, 0.25) is 0 Å². The molecule has 1 aromatic carbocycles. The van der Waals surface area contributed by atoms with E-state index in [-0.39, 0.29) is 10.8 Å². The second kappa shape index (κ2) is 6.54. The fourth-order valence-corrected chi connectivity index (χ4v) is 2.06. The number of alkyl halides is 3. The molecule has 0 amide bonds. The lowest BCUT2D eigenvalue weighted by Crippen LogP contribution is -2.09. The van der Waals surface area contributed by atoms with Crippen LogP contribution in [0.5, 0.6) is 0 Å². The monoisotopic (exact) mass is 334 g/mol. The molecule has 1 heterocycles. The van der Waals surface area contributed by atoms with Crippen LogP contribution in [0, 0.1) is 0 Å². The number of anilines is 1. The van der Waals surface area contributed by atoms with Crippen molar-refractivity contribution in [3.63, 3.8) is 0 Å². The first-order chi connectivity index (χ1) is 9.86. The zero-order valence-electron chi connectivity index (χ0n) is 10.7. The van der Waals surface area contributed by atoms with Crippen molar-refractivity contribution in [1.29, 1.82) is 0 Å². The maximum Gasteiger partial charge on any atom is 0.417 e. The van der Waals surface area contributed by atoms with Crippen LogP contribution in [0.1, 0.15) is 11.1 Å². The maximum atomic E-state index is 12.5. The lowest BCUT2D eigenvalue weighted by molar-refractivity contribution is -0.137. The summed E-state index contributed by atoms with van der Waals surface area (Å²) < 4.78 is 37.4. The summed E-state index contributed by atoms with van der Waals surface area (Å²) in [5.41, 5.74) is 0.186. The Morgan fingerprint density at radius 1 is 1.10 bits per heavy atom. The van der Waals surface area contributed by atoms with Gasteiger partial charge in [0.05, 0.1) is 10.6 Å². The normalized spacial score (nSPS) is 11.5. The van der Waals surface area contributed by atoms with E-state index in [1.165, 1.54) is 0 Å². The molecule has 7 heteroatoms. The van der Waals surface area contributed by atoms with Gasteiger partial charge in [0.25, 0.3) is 0 Å². The molecule has 1 aromatic heterocycles. The number of benzene rings is 1. The molecule has 0 aliphatic rings. The third-order valence-electron chi connectivity index (χ3n) is 2.79. The molecule has 0 fully saturated rings. The van der Waals surface area contributed by atoms with Crippen LogP contribution in [0.2, 0.25) is 10.0 Å². The first kappa shape index (κ1) is 15.9. The minimum Gasteiger partial charge on any atom is -0.369 e. The molecular weight excluding hydrogens is 324 g/mol. The Bertz CT molecular complexity index is 613. The summed E-state index contributed by atoms with van der Waals surface area (Å²) in [5.74, 6) is 0.235. The van der Waals surface area contributed by atoms with Crippen LogP contribution >= 0.6 is 23.2 Å². The highest BCUT2D eigenvalue weighted by atomic mass is 35.5. The van der Waals surface area contributed by atoms with Gasteiger partial charge in [-0.1, -0.05) is 35.3 Å². The molecule has 0 atom stereocenters. The number of hydrogen-bond acceptors (Lipinski definition) is 2. The smallest absolute Gasteiger partial charge is 0.369 e. The van der Waals surface area contributed by atoms with Crippen molar-refractivity contribution >= 4 is 29.0 Å². The van der Waals surface area contributed by atoms with E-state index < -0.39 is 11.7 Å². The minimum absolute atomic E-state index is 0.0547. The predicted octanol–water partition coefficient (Wildman–Crippen LogP) is 5.06. The van der Waals surface area contributed by atoms with E-state index in [0.717, 1.165) is 17.8 Å². The maximum absolute atomic E-state index is 12.5. The SMILES string of the molecule is FC(F)(F)c1cnc(NCCc2ccc(Cl)cc2)c(Cl)c1. The molecule has 0 aliphatic heterocycles. The van der Waals surface area contributed by atoms with Crippen LogP contribution in [-0.2, 0) is 12.6 Å². The van der Waals surface area contributed by atoms with Crippen LogP contribution < -0.4 is 5.32 Å². The van der Waals surface area contributed by atoms with Crippen molar-refractivity contribution in [3.8, 4) is 0 Å². The fourth-order valence-electron chi connectivity index (χ4n) is 1.70. The summed E-state index contributed by atoms with van der Waals surface area (Å²) in [4.78, 5) is 3.71. The van der Waals surface area contributed by atoms with E-state index in [1.807, 2.05) is 12.1 Å². The zero-order chi connectivity index (χ0) is 15.5. The van der Waals surface area contributed by atoms with E-state index >= 15 is 0 Å². The molecule has 0 aliphatic carbocycles. The molecule has 0 saturated carbocycles. The highest BCUT2D eigenvalue weighted by Gasteiger charge is 2.31. The summed E-state index contributed by atoms with van der Waals surface area (Å²) in [6, 6.07) is 8.18. The van der Waals surface area contributed by atoms with Gasteiger partial charge in [0.1, 0.15) is 5.82 Å². The van der Waals surface area contributed by atoms with Crippen molar-refractivity contribution in [2.45, 2.75) is 12.6 Å². The van der Waals surface area contributed by atoms with Gasteiger partial charge < -0.3 is 5.32 Å². The van der Waals surface area contributed by atoms with Gasteiger partial charge in [0, 0.05) is 17.8 Å². The van der Waals surface area contributed by atoms with Gasteiger partial charge in [-0.2, -0.15) is 13.2 Å².